The number of hydrogen-bond acceptors (Lipinski definition) is 5. The van der Waals surface area contributed by atoms with E-state index in [2.05, 4.69) is 4.90 Å². The summed E-state index contributed by atoms with van der Waals surface area (Å²) in [6.45, 7) is 1.87. The number of nitrogens with zero attached hydrogens (tertiary/aromatic N) is 2. The van der Waals surface area contributed by atoms with Crippen molar-refractivity contribution in [1.29, 1.82) is 0 Å². The molecule has 2 fully saturated rings. The van der Waals surface area contributed by atoms with E-state index in [1.807, 2.05) is 54.6 Å². The van der Waals surface area contributed by atoms with Gasteiger partial charge in [-0.15, -0.1) is 0 Å². The van der Waals surface area contributed by atoms with E-state index in [-0.39, 0.29) is 29.3 Å². The van der Waals surface area contributed by atoms with E-state index in [1.165, 1.54) is 6.26 Å². The summed E-state index contributed by atoms with van der Waals surface area (Å²) in [6.07, 6.45) is 4.21. The third-order valence-electron chi connectivity index (χ3n) is 6.54. The molecule has 1 amide bonds. The van der Waals surface area contributed by atoms with Gasteiger partial charge in [0.25, 0.3) is 0 Å². The Hall–Kier alpha value is -2.67. The van der Waals surface area contributed by atoms with Crippen molar-refractivity contribution in [2.45, 2.75) is 37.4 Å². The van der Waals surface area contributed by atoms with Crippen LogP contribution in [0.25, 0.3) is 0 Å². The van der Waals surface area contributed by atoms with Crippen LogP contribution in [-0.2, 0) is 25.8 Å². The molecule has 0 aromatic heterocycles. The highest BCUT2D eigenvalue weighted by atomic mass is 32.2. The first kappa shape index (κ1) is 22.5. The lowest BCUT2D eigenvalue weighted by Crippen LogP contribution is -2.42. The molecule has 1 unspecified atom stereocenters. The quantitative estimate of drug-likeness (QED) is 0.642. The Morgan fingerprint density at radius 3 is 2.31 bits per heavy atom. The summed E-state index contributed by atoms with van der Waals surface area (Å²) in [4.78, 5) is 29.5. The molecule has 2 heterocycles. The van der Waals surface area contributed by atoms with Crippen molar-refractivity contribution in [2.24, 2.45) is 5.92 Å². The minimum absolute atomic E-state index is 0.0173. The molecule has 2 atom stereocenters. The fourth-order valence-electron chi connectivity index (χ4n) is 4.72. The fraction of sp³-hybridized carbons (Fsp3) is 0.440. The highest BCUT2D eigenvalue weighted by Crippen LogP contribution is 2.30. The first-order valence-electron chi connectivity index (χ1n) is 11.2. The molecule has 2 aliphatic heterocycles. The van der Waals surface area contributed by atoms with Gasteiger partial charge >= 0.3 is 0 Å². The molecule has 4 rings (SSSR count). The second-order valence-electron chi connectivity index (χ2n) is 8.94. The maximum Gasteiger partial charge on any atom is 0.230 e. The SMILES string of the molecule is CS(=O)(=O)C1CCN(c2ccc(N3CCC[C@@H](CC(=O)Cc4ccccc4)C3=O)cc2)C1. The van der Waals surface area contributed by atoms with Crippen molar-refractivity contribution in [2.75, 3.05) is 35.7 Å². The van der Waals surface area contributed by atoms with Gasteiger partial charge in [0, 0.05) is 56.0 Å². The summed E-state index contributed by atoms with van der Waals surface area (Å²) < 4.78 is 23.6. The molecule has 0 aliphatic carbocycles. The predicted molar refractivity (Wildman–Crippen MR) is 127 cm³/mol. The average Bonchev–Trinajstić information content (AvgIpc) is 3.27. The Bertz CT molecular complexity index is 1070. The van der Waals surface area contributed by atoms with Gasteiger partial charge < -0.3 is 9.80 Å². The molecule has 0 N–H and O–H groups in total. The number of amides is 1. The Labute approximate surface area is 190 Å². The van der Waals surface area contributed by atoms with Crippen molar-refractivity contribution in [3.8, 4) is 0 Å². The summed E-state index contributed by atoms with van der Waals surface area (Å²) in [5.74, 6) is -0.154. The van der Waals surface area contributed by atoms with Crippen LogP contribution in [0.3, 0.4) is 0 Å². The maximum absolute atomic E-state index is 13.1. The lowest BCUT2D eigenvalue weighted by Gasteiger charge is -2.32. The molecule has 32 heavy (non-hydrogen) atoms. The second kappa shape index (κ2) is 9.45. The number of sulfone groups is 1. The van der Waals surface area contributed by atoms with Crippen molar-refractivity contribution in [1.82, 2.24) is 0 Å². The molecular weight excluding hydrogens is 424 g/mol. The van der Waals surface area contributed by atoms with Gasteiger partial charge in [-0.2, -0.15) is 0 Å². The highest BCUT2D eigenvalue weighted by molar-refractivity contribution is 7.91. The average molecular weight is 455 g/mol. The molecule has 0 radical (unpaired) electrons. The van der Waals surface area contributed by atoms with Gasteiger partial charge in [-0.3, -0.25) is 9.59 Å². The van der Waals surface area contributed by atoms with Crippen LogP contribution < -0.4 is 9.80 Å². The molecule has 0 spiro atoms. The Morgan fingerprint density at radius 1 is 0.969 bits per heavy atom. The summed E-state index contributed by atoms with van der Waals surface area (Å²) >= 11 is 0. The molecule has 2 aliphatic rings. The van der Waals surface area contributed by atoms with Crippen LogP contribution in [-0.4, -0.2) is 51.2 Å². The van der Waals surface area contributed by atoms with E-state index in [0.29, 0.717) is 32.5 Å². The molecule has 6 nitrogen and oxygen atoms in total. The van der Waals surface area contributed by atoms with Crippen molar-refractivity contribution >= 4 is 32.9 Å². The van der Waals surface area contributed by atoms with Crippen LogP contribution in [0.4, 0.5) is 11.4 Å². The lowest BCUT2D eigenvalue weighted by atomic mass is 9.90. The van der Waals surface area contributed by atoms with Gasteiger partial charge in [-0.05, 0) is 49.1 Å². The van der Waals surface area contributed by atoms with E-state index in [4.69, 9.17) is 0 Å². The molecule has 7 heteroatoms. The molecule has 2 saturated heterocycles. The number of carbonyl (C=O) groups excluding carboxylic acids is 2. The third-order valence-corrected chi connectivity index (χ3v) is 8.14. The number of hydrogen-bond donors (Lipinski definition) is 0. The number of anilines is 2. The number of ketones is 1. The second-order valence-corrected chi connectivity index (χ2v) is 11.3. The van der Waals surface area contributed by atoms with Gasteiger partial charge in [0.05, 0.1) is 5.25 Å². The smallest absolute Gasteiger partial charge is 0.230 e. The molecule has 0 saturated carbocycles. The monoisotopic (exact) mass is 454 g/mol. The zero-order chi connectivity index (χ0) is 22.7. The minimum atomic E-state index is -3.03. The third kappa shape index (κ3) is 5.21. The maximum atomic E-state index is 13.1. The summed E-state index contributed by atoms with van der Waals surface area (Å²) in [5, 5.41) is -0.319. The van der Waals surface area contributed by atoms with E-state index >= 15 is 0 Å². The van der Waals surface area contributed by atoms with Gasteiger partial charge in [0.1, 0.15) is 5.78 Å². The highest BCUT2D eigenvalue weighted by Gasteiger charge is 2.32. The summed E-state index contributed by atoms with van der Waals surface area (Å²) in [5.41, 5.74) is 2.78. The number of carbonyl (C=O) groups is 2. The number of benzene rings is 2. The van der Waals surface area contributed by atoms with Gasteiger partial charge in [0.15, 0.2) is 9.84 Å². The lowest BCUT2D eigenvalue weighted by molar-refractivity contribution is -0.128. The fourth-order valence-corrected chi connectivity index (χ4v) is 5.71. The molecule has 2 aromatic rings. The predicted octanol–water partition coefficient (Wildman–Crippen LogP) is 3.25. The van der Waals surface area contributed by atoms with E-state index in [0.717, 1.165) is 29.8 Å². The van der Waals surface area contributed by atoms with Crippen LogP contribution in [0.5, 0.6) is 0 Å². The Kier molecular flexibility index (Phi) is 6.65. The topological polar surface area (TPSA) is 74.8 Å². The zero-order valence-electron chi connectivity index (χ0n) is 18.4. The van der Waals surface area contributed by atoms with E-state index in [9.17, 15) is 18.0 Å². The first-order chi connectivity index (χ1) is 15.3. The van der Waals surface area contributed by atoms with Crippen LogP contribution >= 0.6 is 0 Å². The van der Waals surface area contributed by atoms with Crippen molar-refractivity contribution < 1.29 is 18.0 Å². The number of Topliss-reactive ketones (excluding diaryl/α,β-unsaturated/α-hetero) is 1. The zero-order valence-corrected chi connectivity index (χ0v) is 19.3. The van der Waals surface area contributed by atoms with Crippen molar-refractivity contribution in [3.63, 3.8) is 0 Å². The standard InChI is InChI=1S/C25H30N2O4S/c1-32(30,31)24-13-15-26(18-24)21-9-11-22(12-10-21)27-14-5-8-20(25(27)29)17-23(28)16-19-6-3-2-4-7-19/h2-4,6-7,9-12,20,24H,5,8,13-18H2,1H3/t20-,24?/m0/s1. The molecule has 2 aromatic carbocycles. The molecule has 0 bridgehead atoms. The van der Waals surface area contributed by atoms with Crippen LogP contribution in [0, 0.1) is 5.92 Å². The van der Waals surface area contributed by atoms with Gasteiger partial charge in [-0.1, -0.05) is 30.3 Å². The summed E-state index contributed by atoms with van der Waals surface area (Å²) in [6, 6.07) is 17.4. The van der Waals surface area contributed by atoms with Crippen LogP contribution in [0.2, 0.25) is 0 Å². The van der Waals surface area contributed by atoms with Gasteiger partial charge in [0.2, 0.25) is 5.91 Å². The number of rotatable bonds is 7. The number of piperidine rings is 1. The molecule has 170 valence electrons. The minimum Gasteiger partial charge on any atom is -0.370 e. The van der Waals surface area contributed by atoms with Crippen molar-refractivity contribution in [3.05, 3.63) is 60.2 Å². The van der Waals surface area contributed by atoms with Gasteiger partial charge in [-0.25, -0.2) is 8.42 Å². The first-order valence-corrected chi connectivity index (χ1v) is 13.2. The van der Waals surface area contributed by atoms with Crippen LogP contribution in [0.15, 0.2) is 54.6 Å². The van der Waals surface area contributed by atoms with E-state index in [1.54, 1.807) is 4.90 Å². The van der Waals surface area contributed by atoms with Crippen LogP contribution in [0.1, 0.15) is 31.2 Å². The largest absolute Gasteiger partial charge is 0.370 e. The Morgan fingerprint density at radius 2 is 1.66 bits per heavy atom. The normalized spacial score (nSPS) is 21.7. The van der Waals surface area contributed by atoms with E-state index < -0.39 is 9.84 Å². The summed E-state index contributed by atoms with van der Waals surface area (Å²) in [7, 11) is -3.03. The molecular formula is C25H30N2O4S. The Balaban J connectivity index is 1.38.